The maximum Gasteiger partial charge on any atom is 0.192 e. The molecule has 0 bridgehead atoms. The fourth-order valence-corrected chi connectivity index (χ4v) is 7.26. The van der Waals surface area contributed by atoms with Gasteiger partial charge in [0, 0.05) is 16.7 Å². The molecular formula is C22H28F2O6. The molecule has 3 saturated carbocycles. The van der Waals surface area contributed by atoms with Gasteiger partial charge in [0.15, 0.2) is 22.8 Å². The van der Waals surface area contributed by atoms with E-state index in [1.54, 1.807) is 0 Å². The number of alkyl halides is 2. The van der Waals surface area contributed by atoms with Gasteiger partial charge in [0.2, 0.25) is 0 Å². The van der Waals surface area contributed by atoms with E-state index in [0.29, 0.717) is 12.0 Å². The predicted octanol–water partition coefficient (Wildman–Crippen LogP) is 0.960. The number of allylic oxidation sites excluding steroid dienone is 4. The number of aliphatic hydroxyl groups excluding tert-OH is 3. The van der Waals surface area contributed by atoms with Crippen molar-refractivity contribution in [1.82, 2.24) is 0 Å². The average molecular weight is 426 g/mol. The molecule has 0 heterocycles. The van der Waals surface area contributed by atoms with Gasteiger partial charge in [-0.2, -0.15) is 0 Å². The molecule has 1 unspecified atom stereocenters. The molecule has 0 aliphatic heterocycles. The summed E-state index contributed by atoms with van der Waals surface area (Å²) in [5.41, 5.74) is -7.15. The number of carbonyl (C=O) groups is 2. The van der Waals surface area contributed by atoms with Crippen LogP contribution in [0.3, 0.4) is 0 Å². The van der Waals surface area contributed by atoms with Crippen molar-refractivity contribution in [1.29, 1.82) is 0 Å². The minimum absolute atomic E-state index is 0.0277. The van der Waals surface area contributed by atoms with E-state index in [0.717, 1.165) is 6.08 Å². The Hall–Kier alpha value is -1.48. The first-order chi connectivity index (χ1) is 13.9. The zero-order chi connectivity index (χ0) is 22.3. The monoisotopic (exact) mass is 426 g/mol. The Balaban J connectivity index is 1.87. The molecule has 4 aliphatic carbocycles. The highest BCUT2D eigenvalue weighted by atomic mass is 19.1. The average Bonchev–Trinajstić information content (AvgIpc) is 2.90. The molecule has 0 aromatic heterocycles. The summed E-state index contributed by atoms with van der Waals surface area (Å²) < 4.78 is 31.0. The molecule has 0 spiro atoms. The van der Waals surface area contributed by atoms with Crippen LogP contribution in [-0.2, 0) is 9.59 Å². The molecule has 3 fully saturated rings. The molecule has 0 aromatic carbocycles. The van der Waals surface area contributed by atoms with E-state index in [1.807, 2.05) is 0 Å². The van der Waals surface area contributed by atoms with Gasteiger partial charge in [-0.25, -0.2) is 8.78 Å². The molecule has 166 valence electrons. The third-order valence-corrected chi connectivity index (χ3v) is 8.90. The standard InChI is InChI=1S/C22H28F2O6/c1-19-8-17(28)21(24)14(15(19)7-16(27)22(19,30)18(29)10-25)4-3-11-5-13(26)6-12(9-23)20(11,21)2/h5-6,14-17,25,27-28,30H,3-4,7-10H2,1-2H3/t14-,15-,16+,17-,19-,20+,21-,22?/m0/s1. The summed E-state index contributed by atoms with van der Waals surface area (Å²) in [5, 5.41) is 42.3. The number of Topliss-reactive ketones (excluding diaryl/α,β-unsaturated/α-hetero) is 1. The first-order valence-electron chi connectivity index (χ1n) is 10.4. The molecule has 8 atom stereocenters. The van der Waals surface area contributed by atoms with Crippen LogP contribution in [-0.4, -0.2) is 68.8 Å². The van der Waals surface area contributed by atoms with Gasteiger partial charge in [-0.1, -0.05) is 12.5 Å². The number of hydrogen-bond acceptors (Lipinski definition) is 6. The molecular weight excluding hydrogens is 398 g/mol. The maximum atomic E-state index is 17.1. The molecule has 0 aromatic rings. The fraction of sp³-hybridized carbons (Fsp3) is 0.727. The van der Waals surface area contributed by atoms with Crippen molar-refractivity contribution in [3.05, 3.63) is 23.3 Å². The van der Waals surface area contributed by atoms with Crippen molar-refractivity contribution in [3.63, 3.8) is 0 Å². The normalized spacial score (nSPS) is 50.2. The van der Waals surface area contributed by atoms with E-state index in [1.165, 1.54) is 19.9 Å². The Kier molecular flexibility index (Phi) is 4.72. The molecule has 0 saturated heterocycles. The van der Waals surface area contributed by atoms with Crippen LogP contribution in [0.15, 0.2) is 23.3 Å². The third kappa shape index (κ3) is 2.20. The summed E-state index contributed by atoms with van der Waals surface area (Å²) in [7, 11) is 0. The highest BCUT2D eigenvalue weighted by Gasteiger charge is 2.76. The van der Waals surface area contributed by atoms with Crippen LogP contribution in [0.4, 0.5) is 8.78 Å². The summed E-state index contributed by atoms with van der Waals surface area (Å²) in [5.74, 6) is -2.94. The SMILES string of the molecule is C[C@]12C(CF)=CC(=O)C=C1CC[C@H]1[C@@H]3C[C@@H](O)C(O)(C(=O)CO)[C@@]3(C)C[C@H](O)[C@@]12F. The van der Waals surface area contributed by atoms with Crippen LogP contribution in [0.1, 0.15) is 39.5 Å². The zero-order valence-corrected chi connectivity index (χ0v) is 17.1. The van der Waals surface area contributed by atoms with Crippen molar-refractivity contribution in [3.8, 4) is 0 Å². The van der Waals surface area contributed by atoms with Crippen LogP contribution in [0.2, 0.25) is 0 Å². The Morgan fingerprint density at radius 3 is 2.47 bits per heavy atom. The van der Waals surface area contributed by atoms with Crippen molar-refractivity contribution in [2.45, 2.75) is 63.0 Å². The summed E-state index contributed by atoms with van der Waals surface area (Å²) in [6.07, 6.45) is -0.699. The van der Waals surface area contributed by atoms with Gasteiger partial charge in [-0.05, 0) is 56.3 Å². The van der Waals surface area contributed by atoms with Gasteiger partial charge in [-0.15, -0.1) is 0 Å². The van der Waals surface area contributed by atoms with Crippen LogP contribution >= 0.6 is 0 Å². The molecule has 4 aliphatic rings. The van der Waals surface area contributed by atoms with Gasteiger partial charge in [0.05, 0.1) is 12.2 Å². The fourth-order valence-electron chi connectivity index (χ4n) is 7.26. The highest BCUT2D eigenvalue weighted by Crippen LogP contribution is 2.70. The smallest absolute Gasteiger partial charge is 0.192 e. The number of fused-ring (bicyclic) bond motifs is 5. The summed E-state index contributed by atoms with van der Waals surface area (Å²) in [4.78, 5) is 24.5. The molecule has 8 heteroatoms. The number of aliphatic hydroxyl groups is 4. The van der Waals surface area contributed by atoms with E-state index in [9.17, 15) is 34.4 Å². The van der Waals surface area contributed by atoms with Crippen LogP contribution in [0, 0.1) is 22.7 Å². The van der Waals surface area contributed by atoms with Gasteiger partial charge in [0.25, 0.3) is 0 Å². The third-order valence-electron chi connectivity index (χ3n) is 8.90. The number of ketones is 2. The number of hydrogen-bond donors (Lipinski definition) is 4. The van der Waals surface area contributed by atoms with Crippen molar-refractivity contribution >= 4 is 11.6 Å². The zero-order valence-electron chi connectivity index (χ0n) is 17.1. The second-order valence-corrected chi connectivity index (χ2v) is 9.76. The van der Waals surface area contributed by atoms with Gasteiger partial charge >= 0.3 is 0 Å². The lowest BCUT2D eigenvalue weighted by Crippen LogP contribution is -2.70. The second-order valence-electron chi connectivity index (χ2n) is 9.76. The van der Waals surface area contributed by atoms with Crippen LogP contribution in [0.5, 0.6) is 0 Å². The van der Waals surface area contributed by atoms with E-state index in [4.69, 9.17) is 0 Å². The van der Waals surface area contributed by atoms with Crippen LogP contribution in [0.25, 0.3) is 0 Å². The van der Waals surface area contributed by atoms with Crippen molar-refractivity contribution < 1.29 is 38.8 Å². The molecule has 0 radical (unpaired) electrons. The lowest BCUT2D eigenvalue weighted by Gasteiger charge is -2.63. The first kappa shape index (κ1) is 21.7. The Morgan fingerprint density at radius 2 is 1.87 bits per heavy atom. The molecule has 0 amide bonds. The van der Waals surface area contributed by atoms with E-state index in [2.05, 4.69) is 0 Å². The molecule has 4 N–H and O–H groups in total. The Bertz CT molecular complexity index is 852. The van der Waals surface area contributed by atoms with E-state index >= 15 is 4.39 Å². The van der Waals surface area contributed by atoms with Gasteiger partial charge in [0.1, 0.15) is 13.3 Å². The van der Waals surface area contributed by atoms with E-state index < -0.39 is 71.0 Å². The second kappa shape index (κ2) is 6.51. The van der Waals surface area contributed by atoms with E-state index in [-0.39, 0.29) is 24.8 Å². The summed E-state index contributed by atoms with van der Waals surface area (Å²) in [6, 6.07) is 0. The summed E-state index contributed by atoms with van der Waals surface area (Å²) >= 11 is 0. The minimum atomic E-state index is -2.34. The largest absolute Gasteiger partial charge is 0.390 e. The summed E-state index contributed by atoms with van der Waals surface area (Å²) in [6.45, 7) is 1.01. The van der Waals surface area contributed by atoms with Gasteiger partial charge < -0.3 is 20.4 Å². The van der Waals surface area contributed by atoms with Gasteiger partial charge in [-0.3, -0.25) is 9.59 Å². The lowest BCUT2D eigenvalue weighted by atomic mass is 9.43. The number of halogens is 2. The number of rotatable bonds is 3. The topological polar surface area (TPSA) is 115 Å². The van der Waals surface area contributed by atoms with Crippen molar-refractivity contribution in [2.75, 3.05) is 13.3 Å². The maximum absolute atomic E-state index is 17.1. The quantitative estimate of drug-likeness (QED) is 0.535. The van der Waals surface area contributed by atoms with Crippen molar-refractivity contribution in [2.24, 2.45) is 22.7 Å². The highest BCUT2D eigenvalue weighted by molar-refractivity contribution is 6.02. The van der Waals surface area contributed by atoms with Crippen LogP contribution < -0.4 is 0 Å². The molecule has 6 nitrogen and oxygen atoms in total. The predicted molar refractivity (Wildman–Crippen MR) is 102 cm³/mol. The minimum Gasteiger partial charge on any atom is -0.390 e. The number of carbonyl (C=O) groups excluding carboxylic acids is 2. The molecule has 4 rings (SSSR count). The Labute approximate surface area is 173 Å². The first-order valence-corrected chi connectivity index (χ1v) is 10.4. The lowest BCUT2D eigenvalue weighted by molar-refractivity contribution is -0.224. The Morgan fingerprint density at radius 1 is 1.20 bits per heavy atom. The molecule has 30 heavy (non-hydrogen) atoms.